The predicted molar refractivity (Wildman–Crippen MR) is 59.8 cm³/mol. The third-order valence-corrected chi connectivity index (χ3v) is 2.18. The summed E-state index contributed by atoms with van der Waals surface area (Å²) in [5.74, 6) is -0.0399. The molecule has 0 N–H and O–H groups in total. The van der Waals surface area contributed by atoms with Gasteiger partial charge < -0.3 is 4.74 Å². The summed E-state index contributed by atoms with van der Waals surface area (Å²) in [5, 5.41) is 0. The van der Waals surface area contributed by atoms with E-state index in [-0.39, 0.29) is 5.82 Å². The van der Waals surface area contributed by atoms with Gasteiger partial charge in [0.2, 0.25) is 0 Å². The average molecular weight is 217 g/mol. The van der Waals surface area contributed by atoms with E-state index in [9.17, 15) is 4.39 Å². The van der Waals surface area contributed by atoms with Crippen LogP contribution in [0.15, 0.2) is 48.7 Å². The number of nitrogens with zero attached hydrogens (tertiary/aromatic N) is 1. The molecular formula is C13H12FNO. The molecule has 0 amide bonds. The minimum absolute atomic E-state index is 0.290. The summed E-state index contributed by atoms with van der Waals surface area (Å²) >= 11 is 0. The second-order valence-corrected chi connectivity index (χ2v) is 3.35. The summed E-state index contributed by atoms with van der Waals surface area (Å²) in [5.41, 5.74) is 0.943. The SMILES string of the molecule is Fc1ccccc1OCCc1ccccn1. The van der Waals surface area contributed by atoms with Gasteiger partial charge in [-0.1, -0.05) is 18.2 Å². The van der Waals surface area contributed by atoms with E-state index in [4.69, 9.17) is 4.74 Å². The van der Waals surface area contributed by atoms with Crippen LogP contribution in [-0.2, 0) is 6.42 Å². The van der Waals surface area contributed by atoms with Gasteiger partial charge in [-0.3, -0.25) is 4.98 Å². The van der Waals surface area contributed by atoms with Crippen LogP contribution in [0.2, 0.25) is 0 Å². The van der Waals surface area contributed by atoms with Gasteiger partial charge in [0.1, 0.15) is 0 Å². The summed E-state index contributed by atoms with van der Waals surface area (Å²) in [6, 6.07) is 12.1. The Kier molecular flexibility index (Phi) is 3.49. The molecule has 82 valence electrons. The number of para-hydroxylation sites is 1. The number of benzene rings is 1. The highest BCUT2D eigenvalue weighted by molar-refractivity contribution is 5.23. The summed E-state index contributed by atoms with van der Waals surface area (Å²) in [4.78, 5) is 4.16. The molecule has 0 saturated heterocycles. The maximum Gasteiger partial charge on any atom is 0.165 e. The lowest BCUT2D eigenvalue weighted by molar-refractivity contribution is 0.304. The van der Waals surface area contributed by atoms with Crippen LogP contribution in [0.5, 0.6) is 5.75 Å². The van der Waals surface area contributed by atoms with Gasteiger partial charge in [-0.15, -0.1) is 0 Å². The Morgan fingerprint density at radius 2 is 1.88 bits per heavy atom. The van der Waals surface area contributed by atoms with Crippen molar-refractivity contribution in [2.45, 2.75) is 6.42 Å². The smallest absolute Gasteiger partial charge is 0.165 e. The molecule has 0 aliphatic carbocycles. The van der Waals surface area contributed by atoms with Crippen molar-refractivity contribution >= 4 is 0 Å². The van der Waals surface area contributed by atoms with E-state index in [0.717, 1.165) is 5.69 Å². The predicted octanol–water partition coefficient (Wildman–Crippen LogP) is 2.84. The molecular weight excluding hydrogens is 205 g/mol. The topological polar surface area (TPSA) is 22.1 Å². The van der Waals surface area contributed by atoms with Crippen LogP contribution in [0.4, 0.5) is 4.39 Å². The number of hydrogen-bond donors (Lipinski definition) is 0. The van der Waals surface area contributed by atoms with Crippen molar-refractivity contribution in [2.24, 2.45) is 0 Å². The van der Waals surface area contributed by atoms with E-state index in [0.29, 0.717) is 18.8 Å². The van der Waals surface area contributed by atoms with Crippen molar-refractivity contribution in [3.63, 3.8) is 0 Å². The van der Waals surface area contributed by atoms with Gasteiger partial charge in [0.05, 0.1) is 6.61 Å². The Morgan fingerprint density at radius 3 is 2.62 bits per heavy atom. The Morgan fingerprint density at radius 1 is 1.06 bits per heavy atom. The van der Waals surface area contributed by atoms with Gasteiger partial charge in [-0.05, 0) is 24.3 Å². The normalized spacial score (nSPS) is 10.1. The van der Waals surface area contributed by atoms with E-state index in [1.165, 1.54) is 6.07 Å². The molecule has 2 aromatic rings. The van der Waals surface area contributed by atoms with Gasteiger partial charge in [0, 0.05) is 18.3 Å². The molecule has 1 aromatic carbocycles. The average Bonchev–Trinajstić information content (AvgIpc) is 2.33. The molecule has 0 unspecified atom stereocenters. The Balaban J connectivity index is 1.87. The van der Waals surface area contributed by atoms with Crippen LogP contribution < -0.4 is 4.74 Å². The fraction of sp³-hybridized carbons (Fsp3) is 0.154. The van der Waals surface area contributed by atoms with E-state index in [2.05, 4.69) is 4.98 Å². The van der Waals surface area contributed by atoms with Crippen LogP contribution >= 0.6 is 0 Å². The molecule has 1 aromatic heterocycles. The number of hydrogen-bond acceptors (Lipinski definition) is 2. The molecule has 3 heteroatoms. The van der Waals surface area contributed by atoms with Gasteiger partial charge >= 0.3 is 0 Å². The summed E-state index contributed by atoms with van der Waals surface area (Å²) in [6.07, 6.45) is 2.41. The van der Waals surface area contributed by atoms with Crippen molar-refractivity contribution < 1.29 is 9.13 Å². The van der Waals surface area contributed by atoms with E-state index < -0.39 is 0 Å². The maximum absolute atomic E-state index is 13.2. The largest absolute Gasteiger partial charge is 0.490 e. The number of aromatic nitrogens is 1. The molecule has 0 radical (unpaired) electrons. The quantitative estimate of drug-likeness (QED) is 0.785. The first-order valence-corrected chi connectivity index (χ1v) is 5.13. The third-order valence-electron chi connectivity index (χ3n) is 2.18. The monoisotopic (exact) mass is 217 g/mol. The number of halogens is 1. The Hall–Kier alpha value is -1.90. The number of ether oxygens (including phenoxy) is 1. The summed E-state index contributed by atoms with van der Waals surface area (Å²) in [7, 11) is 0. The molecule has 0 spiro atoms. The third kappa shape index (κ3) is 2.79. The molecule has 0 aliphatic rings. The molecule has 0 fully saturated rings. The molecule has 0 atom stereocenters. The molecule has 1 heterocycles. The molecule has 2 nitrogen and oxygen atoms in total. The maximum atomic E-state index is 13.2. The van der Waals surface area contributed by atoms with Crippen molar-refractivity contribution in [2.75, 3.05) is 6.61 Å². The molecule has 16 heavy (non-hydrogen) atoms. The van der Waals surface area contributed by atoms with Crippen LogP contribution in [0.3, 0.4) is 0 Å². The highest BCUT2D eigenvalue weighted by atomic mass is 19.1. The van der Waals surface area contributed by atoms with Crippen LogP contribution in [0.25, 0.3) is 0 Å². The van der Waals surface area contributed by atoms with Crippen molar-refractivity contribution in [3.05, 3.63) is 60.2 Å². The van der Waals surface area contributed by atoms with Gasteiger partial charge in [0.15, 0.2) is 11.6 Å². The molecule has 0 bridgehead atoms. The van der Waals surface area contributed by atoms with Gasteiger partial charge in [-0.25, -0.2) is 4.39 Å². The van der Waals surface area contributed by atoms with Gasteiger partial charge in [-0.2, -0.15) is 0 Å². The minimum atomic E-state index is -0.330. The summed E-state index contributed by atoms with van der Waals surface area (Å²) in [6.45, 7) is 0.429. The standard InChI is InChI=1S/C13H12FNO/c14-12-6-1-2-7-13(12)16-10-8-11-5-3-4-9-15-11/h1-7,9H,8,10H2. The van der Waals surface area contributed by atoms with Crippen molar-refractivity contribution in [1.29, 1.82) is 0 Å². The van der Waals surface area contributed by atoms with E-state index >= 15 is 0 Å². The fourth-order valence-electron chi connectivity index (χ4n) is 1.37. The second kappa shape index (κ2) is 5.26. The number of pyridine rings is 1. The van der Waals surface area contributed by atoms with Crippen molar-refractivity contribution in [3.8, 4) is 5.75 Å². The first-order valence-electron chi connectivity index (χ1n) is 5.13. The lowest BCUT2D eigenvalue weighted by Gasteiger charge is -2.06. The fourth-order valence-corrected chi connectivity index (χ4v) is 1.37. The lowest BCUT2D eigenvalue weighted by Crippen LogP contribution is -2.03. The summed E-state index contributed by atoms with van der Waals surface area (Å²) < 4.78 is 18.5. The zero-order chi connectivity index (χ0) is 11.2. The van der Waals surface area contributed by atoms with E-state index in [1.54, 1.807) is 24.4 Å². The molecule has 0 saturated carbocycles. The second-order valence-electron chi connectivity index (χ2n) is 3.35. The number of rotatable bonds is 4. The van der Waals surface area contributed by atoms with Crippen LogP contribution in [0.1, 0.15) is 5.69 Å². The Bertz CT molecular complexity index is 445. The minimum Gasteiger partial charge on any atom is -0.490 e. The lowest BCUT2D eigenvalue weighted by atomic mass is 10.3. The van der Waals surface area contributed by atoms with Crippen LogP contribution in [-0.4, -0.2) is 11.6 Å². The zero-order valence-corrected chi connectivity index (χ0v) is 8.77. The zero-order valence-electron chi connectivity index (χ0n) is 8.77. The van der Waals surface area contributed by atoms with Crippen molar-refractivity contribution in [1.82, 2.24) is 4.98 Å². The highest BCUT2D eigenvalue weighted by Crippen LogP contribution is 2.15. The van der Waals surface area contributed by atoms with Crippen LogP contribution in [0, 0.1) is 5.82 Å². The first kappa shape index (κ1) is 10.6. The van der Waals surface area contributed by atoms with Gasteiger partial charge in [0.25, 0.3) is 0 Å². The van der Waals surface area contributed by atoms with E-state index in [1.807, 2.05) is 18.2 Å². The first-order chi connectivity index (χ1) is 7.86. The highest BCUT2D eigenvalue weighted by Gasteiger charge is 2.01. The molecule has 0 aliphatic heterocycles. The molecule has 2 rings (SSSR count). The Labute approximate surface area is 93.7 Å².